The summed E-state index contributed by atoms with van der Waals surface area (Å²) in [4.78, 5) is 15.3. The smallest absolute Gasteiger partial charge is 0.228 e. The molecule has 2 unspecified atom stereocenters. The van der Waals surface area contributed by atoms with E-state index in [0.717, 1.165) is 50.9 Å². The lowest BCUT2D eigenvalue weighted by molar-refractivity contribution is -0.117. The Morgan fingerprint density at radius 2 is 2.07 bits per heavy atom. The molecule has 2 atom stereocenters. The van der Waals surface area contributed by atoms with E-state index in [4.69, 9.17) is 0 Å². The number of piperidine rings is 1. The van der Waals surface area contributed by atoms with Crippen molar-refractivity contribution in [1.29, 1.82) is 0 Å². The Balaban J connectivity index is 1.26. The van der Waals surface area contributed by atoms with E-state index in [9.17, 15) is 4.79 Å². The summed E-state index contributed by atoms with van der Waals surface area (Å²) in [6.45, 7) is 2.21. The second-order valence-electron chi connectivity index (χ2n) is 8.66. The highest BCUT2D eigenvalue weighted by Crippen LogP contribution is 2.60. The van der Waals surface area contributed by atoms with Gasteiger partial charge >= 0.3 is 0 Å². The summed E-state index contributed by atoms with van der Waals surface area (Å²) in [7, 11) is 2.17. The minimum absolute atomic E-state index is 0.0862. The van der Waals surface area contributed by atoms with Gasteiger partial charge in [0.05, 0.1) is 17.9 Å². The molecule has 2 heterocycles. The second-order valence-corrected chi connectivity index (χ2v) is 8.66. The lowest BCUT2D eigenvalue weighted by Crippen LogP contribution is -2.31. The Bertz CT molecular complexity index is 852. The molecule has 2 aromatic rings. The van der Waals surface area contributed by atoms with E-state index in [2.05, 4.69) is 46.6 Å². The number of likely N-dealkylation sites (tertiary alicyclic amines) is 1. The predicted molar refractivity (Wildman–Crippen MR) is 106 cm³/mol. The molecule has 2 aliphatic carbocycles. The Hall–Kier alpha value is -2.14. The molecular formula is C22H28N4O. The Kier molecular flexibility index (Phi) is 4.08. The third-order valence-corrected chi connectivity index (χ3v) is 6.95. The third-order valence-electron chi connectivity index (χ3n) is 6.95. The molecule has 1 amide bonds. The van der Waals surface area contributed by atoms with Crippen molar-refractivity contribution in [3.8, 4) is 0 Å². The summed E-state index contributed by atoms with van der Waals surface area (Å²) in [6.07, 6.45) is 10.5. The largest absolute Gasteiger partial charge is 0.323 e. The van der Waals surface area contributed by atoms with Crippen LogP contribution < -0.4 is 5.32 Å². The quantitative estimate of drug-likeness (QED) is 0.908. The molecule has 5 rings (SSSR count). The number of benzene rings is 1. The maximum absolute atomic E-state index is 12.9. The van der Waals surface area contributed by atoms with E-state index in [1.807, 2.05) is 10.9 Å². The van der Waals surface area contributed by atoms with Crippen LogP contribution in [0.4, 0.5) is 5.69 Å². The molecule has 0 bridgehead atoms. The first-order valence-corrected chi connectivity index (χ1v) is 10.3. The zero-order chi connectivity index (χ0) is 18.4. The van der Waals surface area contributed by atoms with Crippen LogP contribution >= 0.6 is 0 Å². The number of aryl methyl sites for hydroxylation is 1. The van der Waals surface area contributed by atoms with Gasteiger partial charge in [-0.1, -0.05) is 24.3 Å². The molecule has 2 fully saturated rings. The van der Waals surface area contributed by atoms with Gasteiger partial charge in [0.1, 0.15) is 0 Å². The van der Waals surface area contributed by atoms with Gasteiger partial charge in [0.2, 0.25) is 5.91 Å². The molecule has 5 heteroatoms. The lowest BCUT2D eigenvalue weighted by atomic mass is 9.78. The van der Waals surface area contributed by atoms with Crippen LogP contribution in [0, 0.1) is 5.92 Å². The number of hydrogen-bond donors (Lipinski definition) is 1. The first-order valence-electron chi connectivity index (χ1n) is 10.3. The average Bonchev–Trinajstić information content (AvgIpc) is 3.21. The van der Waals surface area contributed by atoms with E-state index in [-0.39, 0.29) is 17.2 Å². The van der Waals surface area contributed by atoms with Crippen LogP contribution in [0.1, 0.15) is 49.3 Å². The zero-order valence-corrected chi connectivity index (χ0v) is 16.0. The normalized spacial score (nSPS) is 28.1. The SMILES string of the molecule is CN1CCC(n2cc(NC(=O)C3CC34CCCc3ccccc34)cn2)CC1. The molecule has 1 aromatic carbocycles. The summed E-state index contributed by atoms with van der Waals surface area (Å²) >= 11 is 0. The van der Waals surface area contributed by atoms with Crippen LogP contribution in [0.15, 0.2) is 36.7 Å². The molecule has 1 aromatic heterocycles. The zero-order valence-electron chi connectivity index (χ0n) is 16.0. The van der Waals surface area contributed by atoms with E-state index in [1.54, 1.807) is 6.20 Å². The van der Waals surface area contributed by atoms with Gasteiger partial charge in [-0.15, -0.1) is 0 Å². The van der Waals surface area contributed by atoms with Crippen molar-refractivity contribution in [2.75, 3.05) is 25.5 Å². The highest BCUT2D eigenvalue weighted by molar-refractivity contribution is 5.96. The molecule has 5 nitrogen and oxygen atoms in total. The molecule has 1 saturated heterocycles. The van der Waals surface area contributed by atoms with Crippen LogP contribution in [-0.2, 0) is 16.6 Å². The topological polar surface area (TPSA) is 50.2 Å². The van der Waals surface area contributed by atoms with Gasteiger partial charge in [-0.2, -0.15) is 5.10 Å². The standard InChI is InChI=1S/C22H28N4O/c1-25-11-8-18(9-12-25)26-15-17(14-23-26)24-21(27)20-13-22(20)10-4-6-16-5-2-3-7-19(16)22/h2-3,5,7,14-15,18,20H,4,6,8-13H2,1H3,(H,24,27). The molecule has 1 saturated carbocycles. The number of rotatable bonds is 3. The molecule has 0 radical (unpaired) electrons. The molecule has 27 heavy (non-hydrogen) atoms. The molecule has 1 spiro atoms. The number of nitrogens with one attached hydrogen (secondary N) is 1. The highest BCUT2D eigenvalue weighted by Gasteiger charge is 2.60. The number of hydrogen-bond acceptors (Lipinski definition) is 3. The van der Waals surface area contributed by atoms with Gasteiger partial charge in [0, 0.05) is 17.5 Å². The number of carbonyl (C=O) groups excluding carboxylic acids is 1. The van der Waals surface area contributed by atoms with Gasteiger partial charge in [0.15, 0.2) is 0 Å². The molecular weight excluding hydrogens is 336 g/mol. The van der Waals surface area contributed by atoms with Gasteiger partial charge in [-0.3, -0.25) is 9.48 Å². The van der Waals surface area contributed by atoms with Crippen molar-refractivity contribution in [3.05, 3.63) is 47.8 Å². The van der Waals surface area contributed by atoms with Crippen LogP contribution in [0.5, 0.6) is 0 Å². The fourth-order valence-corrected chi connectivity index (χ4v) is 5.27. The number of amides is 1. The fourth-order valence-electron chi connectivity index (χ4n) is 5.27. The third kappa shape index (κ3) is 2.98. The monoisotopic (exact) mass is 364 g/mol. The Morgan fingerprint density at radius 1 is 1.26 bits per heavy atom. The molecule has 142 valence electrons. The van der Waals surface area contributed by atoms with E-state index < -0.39 is 0 Å². The highest BCUT2D eigenvalue weighted by atomic mass is 16.2. The number of aromatic nitrogens is 2. The number of fused-ring (bicyclic) bond motifs is 2. The maximum atomic E-state index is 12.9. The fraction of sp³-hybridized carbons (Fsp3) is 0.545. The first kappa shape index (κ1) is 17.0. The van der Waals surface area contributed by atoms with Crippen molar-refractivity contribution in [2.24, 2.45) is 5.92 Å². The van der Waals surface area contributed by atoms with Gasteiger partial charge in [-0.05, 0) is 69.8 Å². The van der Waals surface area contributed by atoms with Crippen molar-refractivity contribution in [1.82, 2.24) is 14.7 Å². The van der Waals surface area contributed by atoms with E-state index >= 15 is 0 Å². The molecule has 3 aliphatic rings. The van der Waals surface area contributed by atoms with Crippen molar-refractivity contribution in [2.45, 2.75) is 50.0 Å². The second kappa shape index (κ2) is 6.48. The minimum Gasteiger partial charge on any atom is -0.323 e. The summed E-state index contributed by atoms with van der Waals surface area (Å²) < 4.78 is 2.04. The molecule has 1 N–H and O–H groups in total. The van der Waals surface area contributed by atoms with Gasteiger partial charge in [-0.25, -0.2) is 0 Å². The van der Waals surface area contributed by atoms with Crippen molar-refractivity contribution < 1.29 is 4.79 Å². The predicted octanol–water partition coefficient (Wildman–Crippen LogP) is 3.38. The Morgan fingerprint density at radius 3 is 2.93 bits per heavy atom. The van der Waals surface area contributed by atoms with Crippen molar-refractivity contribution in [3.63, 3.8) is 0 Å². The van der Waals surface area contributed by atoms with Crippen LogP contribution in [0.3, 0.4) is 0 Å². The van der Waals surface area contributed by atoms with E-state index in [1.165, 1.54) is 17.5 Å². The number of carbonyl (C=O) groups is 1. The van der Waals surface area contributed by atoms with Crippen LogP contribution in [0.25, 0.3) is 0 Å². The number of nitrogens with zero attached hydrogens (tertiary/aromatic N) is 3. The van der Waals surface area contributed by atoms with Crippen LogP contribution in [-0.4, -0.2) is 40.7 Å². The summed E-state index contributed by atoms with van der Waals surface area (Å²) in [5, 5.41) is 7.66. The number of anilines is 1. The summed E-state index contributed by atoms with van der Waals surface area (Å²) in [5.41, 5.74) is 3.78. The van der Waals surface area contributed by atoms with Gasteiger partial charge < -0.3 is 10.2 Å². The minimum atomic E-state index is 0.0862. The molecule has 1 aliphatic heterocycles. The Labute approximate surface area is 160 Å². The first-order chi connectivity index (χ1) is 13.2. The van der Waals surface area contributed by atoms with Gasteiger partial charge in [0.25, 0.3) is 0 Å². The van der Waals surface area contributed by atoms with Crippen molar-refractivity contribution >= 4 is 11.6 Å². The lowest BCUT2D eigenvalue weighted by Gasteiger charge is -2.28. The maximum Gasteiger partial charge on any atom is 0.228 e. The van der Waals surface area contributed by atoms with E-state index in [0.29, 0.717) is 6.04 Å². The average molecular weight is 364 g/mol. The van der Waals surface area contributed by atoms with Crippen LogP contribution in [0.2, 0.25) is 0 Å². The summed E-state index contributed by atoms with van der Waals surface area (Å²) in [5.74, 6) is 0.264. The summed E-state index contributed by atoms with van der Waals surface area (Å²) in [6, 6.07) is 9.15.